The van der Waals surface area contributed by atoms with Gasteiger partial charge in [0.15, 0.2) is 11.5 Å². The van der Waals surface area contributed by atoms with Crippen LogP contribution in [0.5, 0.6) is 11.5 Å². The Kier molecular flexibility index (Phi) is 4.76. The van der Waals surface area contributed by atoms with Crippen LogP contribution in [-0.4, -0.2) is 17.7 Å². The van der Waals surface area contributed by atoms with Crippen LogP contribution >= 0.6 is 0 Å². The number of halogens is 2. The molecule has 0 radical (unpaired) electrons. The molecule has 0 bridgehead atoms. The van der Waals surface area contributed by atoms with Crippen LogP contribution in [0.15, 0.2) is 54.9 Å². The Labute approximate surface area is 159 Å². The fraction of sp³-hybridized carbons (Fsp3) is 0.100. The minimum atomic E-state index is -0.849. The van der Waals surface area contributed by atoms with Crippen molar-refractivity contribution in [3.8, 4) is 11.5 Å². The predicted molar refractivity (Wildman–Crippen MR) is 98.4 cm³/mol. The van der Waals surface area contributed by atoms with E-state index in [4.69, 9.17) is 9.47 Å². The zero-order chi connectivity index (χ0) is 19.5. The molecule has 0 unspecified atom stereocenters. The highest BCUT2D eigenvalue weighted by molar-refractivity contribution is 6.04. The molecule has 2 N–H and O–H groups in total. The number of amides is 1. The van der Waals surface area contributed by atoms with Crippen molar-refractivity contribution in [1.82, 2.24) is 4.98 Å². The van der Waals surface area contributed by atoms with Gasteiger partial charge in [-0.2, -0.15) is 0 Å². The van der Waals surface area contributed by atoms with E-state index < -0.39 is 23.2 Å². The number of nitrogens with one attached hydrogen (secondary N) is 2. The number of carbonyl (C=O) groups is 1. The van der Waals surface area contributed by atoms with E-state index in [-0.39, 0.29) is 12.4 Å². The first kappa shape index (κ1) is 17.7. The number of aromatic nitrogens is 1. The molecule has 8 heteroatoms. The summed E-state index contributed by atoms with van der Waals surface area (Å²) in [6.07, 6.45) is 2.87. The number of pyridine rings is 1. The largest absolute Gasteiger partial charge is 0.454 e. The van der Waals surface area contributed by atoms with E-state index in [9.17, 15) is 13.6 Å². The van der Waals surface area contributed by atoms with Crippen LogP contribution in [0, 0.1) is 11.6 Å². The van der Waals surface area contributed by atoms with Crippen molar-refractivity contribution >= 4 is 17.3 Å². The summed E-state index contributed by atoms with van der Waals surface area (Å²) in [4.78, 5) is 16.3. The van der Waals surface area contributed by atoms with Crippen molar-refractivity contribution in [2.45, 2.75) is 6.54 Å². The number of hydrogen-bond acceptors (Lipinski definition) is 5. The van der Waals surface area contributed by atoms with Crippen LogP contribution < -0.4 is 20.1 Å². The molecule has 4 rings (SSSR count). The summed E-state index contributed by atoms with van der Waals surface area (Å²) in [5, 5.41) is 5.38. The van der Waals surface area contributed by atoms with Crippen LogP contribution in [0.1, 0.15) is 15.9 Å². The van der Waals surface area contributed by atoms with Crippen molar-refractivity contribution in [3.05, 3.63) is 77.6 Å². The first-order chi connectivity index (χ1) is 13.6. The van der Waals surface area contributed by atoms with Gasteiger partial charge in [-0.3, -0.25) is 9.78 Å². The zero-order valence-electron chi connectivity index (χ0n) is 14.5. The van der Waals surface area contributed by atoms with E-state index in [0.717, 1.165) is 17.7 Å². The molecule has 1 amide bonds. The molecule has 3 aromatic rings. The minimum Gasteiger partial charge on any atom is -0.454 e. The number of carbonyl (C=O) groups excluding carboxylic acids is 1. The first-order valence-corrected chi connectivity index (χ1v) is 8.43. The summed E-state index contributed by atoms with van der Waals surface area (Å²) in [6.45, 7) is 0.668. The molecule has 0 saturated heterocycles. The normalized spacial score (nSPS) is 11.9. The van der Waals surface area contributed by atoms with E-state index >= 15 is 0 Å². The maximum atomic E-state index is 13.7. The fourth-order valence-corrected chi connectivity index (χ4v) is 2.72. The van der Waals surface area contributed by atoms with Crippen LogP contribution in [-0.2, 0) is 6.54 Å². The van der Waals surface area contributed by atoms with Crippen molar-refractivity contribution in [2.24, 2.45) is 0 Å². The first-order valence-electron chi connectivity index (χ1n) is 8.43. The van der Waals surface area contributed by atoms with Crippen LogP contribution in [0.4, 0.5) is 20.2 Å². The summed E-state index contributed by atoms with van der Waals surface area (Å²) in [5.74, 6) is -0.984. The van der Waals surface area contributed by atoms with Gasteiger partial charge in [-0.15, -0.1) is 0 Å². The Morgan fingerprint density at radius 1 is 1.04 bits per heavy atom. The molecule has 0 fully saturated rings. The molecular weight excluding hydrogens is 368 g/mol. The van der Waals surface area contributed by atoms with Gasteiger partial charge < -0.3 is 20.1 Å². The van der Waals surface area contributed by atoms with E-state index in [1.165, 1.54) is 12.3 Å². The minimum absolute atomic E-state index is 0.165. The Hall–Kier alpha value is -3.68. The second-order valence-electron chi connectivity index (χ2n) is 6.05. The molecule has 2 aromatic carbocycles. The molecule has 0 aliphatic carbocycles. The third-order valence-electron chi connectivity index (χ3n) is 4.14. The number of nitrogens with zero attached hydrogens (tertiary/aromatic N) is 1. The standard InChI is InChI=1S/C20H15F2N3O3/c21-15-2-1-3-16(22)19(15)25-20(26)13-7-14(10-23-9-13)24-8-12-4-5-17-18(6-12)28-11-27-17/h1-7,9-10,24H,8,11H2,(H,25,26). The van der Waals surface area contributed by atoms with E-state index in [2.05, 4.69) is 15.6 Å². The molecule has 1 aliphatic heterocycles. The average molecular weight is 383 g/mol. The zero-order valence-corrected chi connectivity index (χ0v) is 14.5. The van der Waals surface area contributed by atoms with Gasteiger partial charge in [0.1, 0.15) is 17.3 Å². The number of rotatable bonds is 5. The molecular formula is C20H15F2N3O3. The molecule has 142 valence electrons. The topological polar surface area (TPSA) is 72.5 Å². The highest BCUT2D eigenvalue weighted by Gasteiger charge is 2.15. The van der Waals surface area contributed by atoms with Gasteiger partial charge in [0.05, 0.1) is 11.3 Å². The molecule has 1 aromatic heterocycles. The maximum Gasteiger partial charge on any atom is 0.257 e. The third-order valence-corrected chi connectivity index (χ3v) is 4.14. The van der Waals surface area contributed by atoms with Gasteiger partial charge in [-0.1, -0.05) is 12.1 Å². The molecule has 2 heterocycles. The Balaban J connectivity index is 1.44. The summed E-state index contributed by atoms with van der Waals surface area (Å²) >= 11 is 0. The highest BCUT2D eigenvalue weighted by atomic mass is 19.1. The number of para-hydroxylation sites is 1. The lowest BCUT2D eigenvalue weighted by atomic mass is 10.2. The maximum absolute atomic E-state index is 13.7. The van der Waals surface area contributed by atoms with Crippen molar-refractivity contribution in [1.29, 1.82) is 0 Å². The number of ether oxygens (including phenoxy) is 2. The summed E-state index contributed by atoms with van der Waals surface area (Å²) in [7, 11) is 0. The Morgan fingerprint density at radius 3 is 2.64 bits per heavy atom. The highest BCUT2D eigenvalue weighted by Crippen LogP contribution is 2.32. The summed E-state index contributed by atoms with van der Waals surface area (Å²) in [5.41, 5.74) is 1.21. The van der Waals surface area contributed by atoms with Gasteiger partial charge in [0.2, 0.25) is 6.79 Å². The van der Waals surface area contributed by atoms with E-state index in [0.29, 0.717) is 23.7 Å². The Bertz CT molecular complexity index is 1020. The van der Waals surface area contributed by atoms with Gasteiger partial charge in [0, 0.05) is 18.9 Å². The molecule has 1 aliphatic rings. The monoisotopic (exact) mass is 383 g/mol. The number of hydrogen-bond donors (Lipinski definition) is 2. The SMILES string of the molecule is O=C(Nc1c(F)cccc1F)c1cncc(NCc2ccc3c(c2)OCO3)c1. The lowest BCUT2D eigenvalue weighted by molar-refractivity contribution is 0.102. The lowest BCUT2D eigenvalue weighted by Gasteiger charge is -2.10. The number of anilines is 2. The molecule has 6 nitrogen and oxygen atoms in total. The van der Waals surface area contributed by atoms with Crippen LogP contribution in [0.25, 0.3) is 0 Å². The van der Waals surface area contributed by atoms with Crippen LogP contribution in [0.2, 0.25) is 0 Å². The molecule has 0 saturated carbocycles. The second-order valence-corrected chi connectivity index (χ2v) is 6.05. The average Bonchev–Trinajstić information content (AvgIpc) is 3.17. The van der Waals surface area contributed by atoms with Crippen molar-refractivity contribution < 1.29 is 23.0 Å². The Morgan fingerprint density at radius 2 is 1.82 bits per heavy atom. The van der Waals surface area contributed by atoms with Gasteiger partial charge in [0.25, 0.3) is 5.91 Å². The molecule has 0 atom stereocenters. The second kappa shape index (κ2) is 7.51. The van der Waals surface area contributed by atoms with Gasteiger partial charge >= 0.3 is 0 Å². The summed E-state index contributed by atoms with van der Waals surface area (Å²) in [6, 6.07) is 10.5. The molecule has 28 heavy (non-hydrogen) atoms. The number of fused-ring (bicyclic) bond motifs is 1. The predicted octanol–water partition coefficient (Wildman–Crippen LogP) is 3.95. The smallest absolute Gasteiger partial charge is 0.257 e. The fourth-order valence-electron chi connectivity index (χ4n) is 2.72. The van der Waals surface area contributed by atoms with Gasteiger partial charge in [-0.05, 0) is 35.9 Å². The van der Waals surface area contributed by atoms with Crippen LogP contribution in [0.3, 0.4) is 0 Å². The van der Waals surface area contributed by atoms with Crippen molar-refractivity contribution in [2.75, 3.05) is 17.4 Å². The van der Waals surface area contributed by atoms with Gasteiger partial charge in [-0.25, -0.2) is 8.78 Å². The number of benzene rings is 2. The quantitative estimate of drug-likeness (QED) is 0.698. The summed E-state index contributed by atoms with van der Waals surface area (Å²) < 4.78 is 38.0. The molecule has 0 spiro atoms. The lowest BCUT2D eigenvalue weighted by Crippen LogP contribution is -2.15. The van der Waals surface area contributed by atoms with Crippen molar-refractivity contribution in [3.63, 3.8) is 0 Å². The third kappa shape index (κ3) is 3.71. The van der Waals surface area contributed by atoms with E-state index in [1.54, 1.807) is 12.3 Å². The van der Waals surface area contributed by atoms with E-state index in [1.807, 2.05) is 18.2 Å².